The van der Waals surface area contributed by atoms with Gasteiger partial charge in [0.2, 0.25) is 5.91 Å². The van der Waals surface area contributed by atoms with E-state index in [4.69, 9.17) is 0 Å². The molecule has 0 aliphatic carbocycles. The first kappa shape index (κ1) is 18.9. The van der Waals surface area contributed by atoms with Crippen molar-refractivity contribution in [2.45, 2.75) is 32.1 Å². The molecule has 5 nitrogen and oxygen atoms in total. The minimum absolute atomic E-state index is 0.0108. The molecule has 3 rings (SSSR count). The quantitative estimate of drug-likeness (QED) is 0.859. The maximum Gasteiger partial charge on any atom is 0.425 e. The lowest BCUT2D eigenvalue weighted by atomic mass is 9.94. The third-order valence-electron chi connectivity index (χ3n) is 5.01. The van der Waals surface area contributed by atoms with E-state index in [-0.39, 0.29) is 30.0 Å². The summed E-state index contributed by atoms with van der Waals surface area (Å²) in [5.41, 5.74) is 2.21. The van der Waals surface area contributed by atoms with Crippen molar-refractivity contribution in [3.05, 3.63) is 39.3 Å². The first-order valence-corrected chi connectivity index (χ1v) is 9.16. The number of hydrogen-bond acceptors (Lipinski definition) is 4. The Kier molecular flexibility index (Phi) is 5.12. The monoisotopic (exact) mass is 386 g/mol. The van der Waals surface area contributed by atoms with Gasteiger partial charge >= 0.3 is 6.18 Å². The topological polar surface area (TPSA) is 50.2 Å². The number of hydrogen-bond donors (Lipinski definition) is 1. The number of carbonyl (C=O) groups is 1. The molecule has 0 bridgehead atoms. The largest absolute Gasteiger partial charge is 0.425 e. The summed E-state index contributed by atoms with van der Waals surface area (Å²) in [4.78, 5) is 13.3. The normalized spacial score (nSPS) is 21.0. The summed E-state index contributed by atoms with van der Waals surface area (Å²) in [6.45, 7) is 2.54. The molecule has 1 aliphatic rings. The lowest BCUT2D eigenvalue weighted by Crippen LogP contribution is -2.29. The van der Waals surface area contributed by atoms with Crippen LogP contribution in [0.3, 0.4) is 0 Å². The standard InChI is InChI=1S/C17H21F3N4OS/c1-10-13(9-22-24(10)3)15-12(6-14(25)23(15)2)8-21-7-11-4-5-26-16(11)17(18,19)20/h4-5,9,12,15,21H,6-8H2,1-3H3/t12-,15+/m0/s1. The number of aryl methyl sites for hydroxylation is 1. The number of nitrogens with zero attached hydrogens (tertiary/aromatic N) is 3. The maximum absolute atomic E-state index is 13.0. The second kappa shape index (κ2) is 7.03. The van der Waals surface area contributed by atoms with E-state index in [1.807, 2.05) is 14.0 Å². The molecule has 2 aromatic rings. The highest BCUT2D eigenvalue weighted by molar-refractivity contribution is 7.10. The van der Waals surface area contributed by atoms with Crippen LogP contribution in [0.15, 0.2) is 17.6 Å². The summed E-state index contributed by atoms with van der Waals surface area (Å²) >= 11 is 0.704. The molecule has 1 N–H and O–H groups in total. The van der Waals surface area contributed by atoms with Crippen LogP contribution in [0.2, 0.25) is 0 Å². The van der Waals surface area contributed by atoms with Crippen LogP contribution in [0.25, 0.3) is 0 Å². The molecule has 0 saturated carbocycles. The molecule has 9 heteroatoms. The lowest BCUT2D eigenvalue weighted by Gasteiger charge is -2.25. The molecule has 142 valence electrons. The average Bonchev–Trinajstić information content (AvgIpc) is 3.22. The number of likely N-dealkylation sites (tertiary alicyclic amines) is 1. The molecule has 3 heterocycles. The summed E-state index contributed by atoms with van der Waals surface area (Å²) < 4.78 is 40.7. The van der Waals surface area contributed by atoms with E-state index in [1.54, 1.807) is 22.8 Å². The van der Waals surface area contributed by atoms with Crippen molar-refractivity contribution in [1.82, 2.24) is 20.0 Å². The number of rotatable bonds is 5. The van der Waals surface area contributed by atoms with Crippen molar-refractivity contribution < 1.29 is 18.0 Å². The minimum Gasteiger partial charge on any atom is -0.338 e. The van der Waals surface area contributed by atoms with E-state index in [2.05, 4.69) is 10.4 Å². The van der Waals surface area contributed by atoms with Crippen LogP contribution >= 0.6 is 11.3 Å². The third-order valence-corrected chi connectivity index (χ3v) is 6.01. The summed E-state index contributed by atoms with van der Waals surface area (Å²) in [6, 6.07) is 1.38. The van der Waals surface area contributed by atoms with Crippen molar-refractivity contribution in [2.24, 2.45) is 13.0 Å². The van der Waals surface area contributed by atoms with E-state index < -0.39 is 11.1 Å². The fraction of sp³-hybridized carbons (Fsp3) is 0.529. The molecule has 1 aliphatic heterocycles. The molecule has 0 unspecified atom stereocenters. The predicted octanol–water partition coefficient (Wildman–Crippen LogP) is 3.12. The van der Waals surface area contributed by atoms with Gasteiger partial charge in [-0.25, -0.2) is 0 Å². The molecule has 2 aromatic heterocycles. The minimum atomic E-state index is -4.33. The Balaban J connectivity index is 1.70. The van der Waals surface area contributed by atoms with Gasteiger partial charge in [0.05, 0.1) is 12.2 Å². The molecule has 0 radical (unpaired) electrons. The number of amides is 1. The van der Waals surface area contributed by atoms with Gasteiger partial charge in [-0.05, 0) is 23.9 Å². The number of aromatic nitrogens is 2. The number of carbonyl (C=O) groups excluding carboxylic acids is 1. The van der Waals surface area contributed by atoms with Gasteiger partial charge in [-0.1, -0.05) is 0 Å². The number of halogens is 3. The zero-order chi connectivity index (χ0) is 19.1. The highest BCUT2D eigenvalue weighted by Gasteiger charge is 2.40. The van der Waals surface area contributed by atoms with Gasteiger partial charge in [-0.15, -0.1) is 11.3 Å². The molecule has 0 aromatic carbocycles. The molecular weight excluding hydrogens is 365 g/mol. The third kappa shape index (κ3) is 3.50. The average molecular weight is 386 g/mol. The van der Waals surface area contributed by atoms with E-state index in [0.717, 1.165) is 11.3 Å². The number of nitrogens with one attached hydrogen (secondary N) is 1. The zero-order valence-corrected chi connectivity index (χ0v) is 15.6. The van der Waals surface area contributed by atoms with Gasteiger partial charge in [0.1, 0.15) is 4.88 Å². The fourth-order valence-corrected chi connectivity index (χ4v) is 4.31. The van der Waals surface area contributed by atoms with Gasteiger partial charge in [0, 0.05) is 50.8 Å². The van der Waals surface area contributed by atoms with Gasteiger partial charge in [-0.3, -0.25) is 9.48 Å². The Morgan fingerprint density at radius 2 is 2.12 bits per heavy atom. The SMILES string of the molecule is Cc1c([C@H]2[C@H](CNCc3ccsc3C(F)(F)F)CC(=O)N2C)cnn1C. The summed E-state index contributed by atoms with van der Waals surface area (Å²) in [6.07, 6.45) is -2.19. The summed E-state index contributed by atoms with van der Waals surface area (Å²) in [5.74, 6) is 0.0277. The van der Waals surface area contributed by atoms with Crippen molar-refractivity contribution >= 4 is 17.2 Å². The summed E-state index contributed by atoms with van der Waals surface area (Å²) in [7, 11) is 3.61. The fourth-order valence-electron chi connectivity index (χ4n) is 3.52. The number of alkyl halides is 3. The highest BCUT2D eigenvalue weighted by atomic mass is 32.1. The van der Waals surface area contributed by atoms with Gasteiger partial charge < -0.3 is 10.2 Å². The van der Waals surface area contributed by atoms with E-state index >= 15 is 0 Å². The molecule has 1 saturated heterocycles. The second-order valence-corrected chi connectivity index (χ2v) is 7.54. The van der Waals surface area contributed by atoms with Crippen LogP contribution in [0.5, 0.6) is 0 Å². The molecule has 1 amide bonds. The first-order chi connectivity index (χ1) is 12.2. The number of thiophene rings is 1. The van der Waals surface area contributed by atoms with Crippen molar-refractivity contribution in [3.63, 3.8) is 0 Å². The van der Waals surface area contributed by atoms with Crippen LogP contribution in [0, 0.1) is 12.8 Å². The van der Waals surface area contributed by atoms with E-state index in [9.17, 15) is 18.0 Å². The Morgan fingerprint density at radius 3 is 2.73 bits per heavy atom. The molecule has 26 heavy (non-hydrogen) atoms. The van der Waals surface area contributed by atoms with Crippen molar-refractivity contribution in [1.29, 1.82) is 0 Å². The Morgan fingerprint density at radius 1 is 1.38 bits per heavy atom. The van der Waals surface area contributed by atoms with Gasteiger partial charge in [-0.2, -0.15) is 18.3 Å². The first-order valence-electron chi connectivity index (χ1n) is 8.28. The second-order valence-electron chi connectivity index (χ2n) is 6.63. The smallest absolute Gasteiger partial charge is 0.338 e. The Hall–Kier alpha value is -1.87. The van der Waals surface area contributed by atoms with Crippen LogP contribution in [0.4, 0.5) is 13.2 Å². The Labute approximate surface area is 153 Å². The van der Waals surface area contributed by atoms with Crippen molar-refractivity contribution in [3.8, 4) is 0 Å². The zero-order valence-electron chi connectivity index (χ0n) is 14.8. The van der Waals surface area contributed by atoms with Crippen LogP contribution in [-0.2, 0) is 24.6 Å². The molecule has 2 atom stereocenters. The molecule has 0 spiro atoms. The molecular formula is C17H21F3N4OS. The van der Waals surface area contributed by atoms with Gasteiger partial charge in [0.15, 0.2) is 0 Å². The van der Waals surface area contributed by atoms with Crippen molar-refractivity contribution in [2.75, 3.05) is 13.6 Å². The summed E-state index contributed by atoms with van der Waals surface area (Å²) in [5, 5.41) is 8.81. The lowest BCUT2D eigenvalue weighted by molar-refractivity contribution is -0.135. The molecule has 1 fully saturated rings. The van der Waals surface area contributed by atoms with Crippen LogP contribution < -0.4 is 5.32 Å². The highest BCUT2D eigenvalue weighted by Crippen LogP contribution is 2.38. The predicted molar refractivity (Wildman–Crippen MR) is 92.6 cm³/mol. The van der Waals surface area contributed by atoms with E-state index in [1.165, 1.54) is 11.4 Å². The maximum atomic E-state index is 13.0. The Bertz CT molecular complexity index is 798. The van der Waals surface area contributed by atoms with E-state index in [0.29, 0.717) is 24.3 Å². The van der Waals surface area contributed by atoms with Gasteiger partial charge in [0.25, 0.3) is 0 Å². The van der Waals surface area contributed by atoms with Crippen LogP contribution in [-0.4, -0.2) is 34.2 Å². The van der Waals surface area contributed by atoms with Crippen LogP contribution in [0.1, 0.15) is 34.2 Å².